The zero-order valence-corrected chi connectivity index (χ0v) is 23.4. The average Bonchev–Trinajstić information content (AvgIpc) is 3.59. The van der Waals surface area contributed by atoms with E-state index in [1.165, 1.54) is 11.8 Å². The van der Waals surface area contributed by atoms with Crippen LogP contribution in [0.3, 0.4) is 0 Å². The second-order valence-electron chi connectivity index (χ2n) is 10.4. The summed E-state index contributed by atoms with van der Waals surface area (Å²) in [7, 11) is 0. The number of amides is 1. The molecular formula is C30H32ClN5OS. The zero-order valence-electron chi connectivity index (χ0n) is 21.9. The Kier molecular flexibility index (Phi) is 7.16. The van der Waals surface area contributed by atoms with E-state index in [9.17, 15) is 4.79 Å². The van der Waals surface area contributed by atoms with Crippen molar-refractivity contribution in [1.29, 1.82) is 0 Å². The van der Waals surface area contributed by atoms with Crippen molar-refractivity contribution < 1.29 is 4.79 Å². The standard InChI is InChI=1S/C30H32ClN5OS/c1-20(2)34-13-15-35(16-14-34)27-8-6-22(19-25(27)31)23-9-10-32-26-7-5-21(17-24(23)26)18-28-29(37)33-30(38-28)36-11-3-4-12-36/h5-10,17-20H,3-4,11-16H2,1-2H3. The van der Waals surface area contributed by atoms with Crippen LogP contribution >= 0.6 is 23.4 Å². The molecule has 196 valence electrons. The van der Waals surface area contributed by atoms with Crippen LogP contribution < -0.4 is 4.90 Å². The molecule has 0 radical (unpaired) electrons. The Morgan fingerprint density at radius 2 is 1.74 bits per heavy atom. The predicted molar refractivity (Wildman–Crippen MR) is 160 cm³/mol. The first-order valence-corrected chi connectivity index (χ1v) is 14.6. The number of likely N-dealkylation sites (tertiary alicyclic amines) is 1. The fourth-order valence-corrected chi connectivity index (χ4v) is 6.77. The number of aliphatic imine (C=N–C) groups is 1. The van der Waals surface area contributed by atoms with Gasteiger partial charge in [-0.2, -0.15) is 4.99 Å². The first-order valence-electron chi connectivity index (χ1n) is 13.4. The number of carbonyl (C=O) groups excluding carboxylic acids is 1. The number of carbonyl (C=O) groups is 1. The van der Waals surface area contributed by atoms with E-state index in [0.29, 0.717) is 10.9 Å². The molecule has 2 fully saturated rings. The average molecular weight is 546 g/mol. The highest BCUT2D eigenvalue weighted by molar-refractivity contribution is 8.18. The van der Waals surface area contributed by atoms with Crippen LogP contribution in [-0.4, -0.2) is 71.2 Å². The Balaban J connectivity index is 1.26. The van der Waals surface area contributed by atoms with Gasteiger partial charge in [-0.15, -0.1) is 0 Å². The van der Waals surface area contributed by atoms with Gasteiger partial charge in [0.15, 0.2) is 5.17 Å². The topological polar surface area (TPSA) is 52.0 Å². The number of pyridine rings is 1. The van der Waals surface area contributed by atoms with Crippen molar-refractivity contribution in [3.63, 3.8) is 0 Å². The van der Waals surface area contributed by atoms with Crippen LogP contribution in [0, 0.1) is 0 Å². The summed E-state index contributed by atoms with van der Waals surface area (Å²) in [5.74, 6) is -0.153. The number of benzene rings is 2. The predicted octanol–water partition coefficient (Wildman–Crippen LogP) is 6.15. The molecule has 0 atom stereocenters. The van der Waals surface area contributed by atoms with Gasteiger partial charge in [0.25, 0.3) is 5.91 Å². The van der Waals surface area contributed by atoms with Gasteiger partial charge in [0.1, 0.15) is 0 Å². The minimum atomic E-state index is -0.153. The van der Waals surface area contributed by atoms with Gasteiger partial charge in [0.2, 0.25) is 0 Å². The lowest BCUT2D eigenvalue weighted by molar-refractivity contribution is -0.113. The van der Waals surface area contributed by atoms with Gasteiger partial charge in [-0.1, -0.05) is 23.7 Å². The summed E-state index contributed by atoms with van der Waals surface area (Å²) in [5.41, 5.74) is 5.10. The Morgan fingerprint density at radius 3 is 2.47 bits per heavy atom. The maximum atomic E-state index is 12.6. The molecule has 1 aromatic heterocycles. The summed E-state index contributed by atoms with van der Waals surface area (Å²) in [4.78, 5) is 29.3. The molecule has 0 unspecified atom stereocenters. The first-order chi connectivity index (χ1) is 18.5. The summed E-state index contributed by atoms with van der Waals surface area (Å²) in [6.45, 7) is 10.5. The summed E-state index contributed by atoms with van der Waals surface area (Å²) in [5, 5.41) is 2.64. The van der Waals surface area contributed by atoms with E-state index in [0.717, 1.165) is 95.6 Å². The molecule has 1 amide bonds. The number of halogens is 1. The molecule has 0 bridgehead atoms. The van der Waals surface area contributed by atoms with E-state index in [1.807, 2.05) is 30.5 Å². The van der Waals surface area contributed by atoms with Gasteiger partial charge in [0, 0.05) is 56.9 Å². The summed E-state index contributed by atoms with van der Waals surface area (Å²) >= 11 is 8.34. The van der Waals surface area contributed by atoms with Crippen molar-refractivity contribution in [2.24, 2.45) is 4.99 Å². The molecule has 3 aliphatic heterocycles. The van der Waals surface area contributed by atoms with Gasteiger partial charge >= 0.3 is 0 Å². The minimum Gasteiger partial charge on any atom is -0.368 e. The van der Waals surface area contributed by atoms with Gasteiger partial charge in [-0.3, -0.25) is 14.7 Å². The molecule has 6 nitrogen and oxygen atoms in total. The number of aromatic nitrogens is 1. The van der Waals surface area contributed by atoms with Crippen molar-refractivity contribution in [1.82, 2.24) is 14.8 Å². The largest absolute Gasteiger partial charge is 0.368 e. The highest BCUT2D eigenvalue weighted by atomic mass is 35.5. The molecule has 4 heterocycles. The second-order valence-corrected chi connectivity index (χ2v) is 11.8. The van der Waals surface area contributed by atoms with Crippen molar-refractivity contribution in [2.45, 2.75) is 32.7 Å². The Bertz CT molecular complexity index is 1440. The van der Waals surface area contributed by atoms with Crippen LogP contribution in [0.1, 0.15) is 32.3 Å². The molecule has 2 aromatic carbocycles. The van der Waals surface area contributed by atoms with E-state index in [4.69, 9.17) is 11.6 Å². The number of hydrogen-bond acceptors (Lipinski definition) is 6. The van der Waals surface area contributed by atoms with Crippen molar-refractivity contribution in [3.8, 4) is 11.1 Å². The van der Waals surface area contributed by atoms with E-state index >= 15 is 0 Å². The number of amidine groups is 1. The van der Waals surface area contributed by atoms with Crippen molar-refractivity contribution >= 4 is 57.1 Å². The molecule has 0 N–H and O–H groups in total. The van der Waals surface area contributed by atoms with Crippen molar-refractivity contribution in [3.05, 3.63) is 64.2 Å². The lowest BCUT2D eigenvalue weighted by Crippen LogP contribution is -2.49. The van der Waals surface area contributed by atoms with Crippen molar-refractivity contribution in [2.75, 3.05) is 44.2 Å². The summed E-state index contributed by atoms with van der Waals surface area (Å²) < 4.78 is 0. The Labute approximate surface area is 233 Å². The third-order valence-electron chi connectivity index (χ3n) is 7.69. The molecule has 3 aliphatic rings. The van der Waals surface area contributed by atoms with Gasteiger partial charge < -0.3 is 9.80 Å². The van der Waals surface area contributed by atoms with Crippen LogP contribution in [0.5, 0.6) is 0 Å². The highest BCUT2D eigenvalue weighted by Crippen LogP contribution is 2.36. The smallest absolute Gasteiger partial charge is 0.286 e. The molecule has 3 aromatic rings. The number of nitrogens with zero attached hydrogens (tertiary/aromatic N) is 5. The summed E-state index contributed by atoms with van der Waals surface area (Å²) in [6.07, 6.45) is 6.11. The van der Waals surface area contributed by atoms with Crippen LogP contribution in [0.4, 0.5) is 5.69 Å². The molecular weight excluding hydrogens is 514 g/mol. The fourth-order valence-electron chi connectivity index (χ4n) is 5.51. The molecule has 0 saturated carbocycles. The van der Waals surface area contributed by atoms with E-state index in [1.54, 1.807) is 0 Å². The van der Waals surface area contributed by atoms with Crippen LogP contribution in [0.25, 0.3) is 28.1 Å². The van der Waals surface area contributed by atoms with E-state index < -0.39 is 0 Å². The lowest BCUT2D eigenvalue weighted by atomic mass is 9.99. The second kappa shape index (κ2) is 10.7. The molecule has 6 rings (SSSR count). The SMILES string of the molecule is CC(C)N1CCN(c2ccc(-c3ccnc4ccc(C=C5SC(N6CCCC6)=NC5=O)cc34)cc2Cl)CC1. The monoisotopic (exact) mass is 545 g/mol. The third kappa shape index (κ3) is 5.07. The summed E-state index contributed by atoms with van der Waals surface area (Å²) in [6, 6.07) is 15.1. The van der Waals surface area contributed by atoms with Crippen LogP contribution in [-0.2, 0) is 4.79 Å². The minimum absolute atomic E-state index is 0.153. The quantitative estimate of drug-likeness (QED) is 0.366. The fraction of sp³-hybridized carbons (Fsp3) is 0.367. The van der Waals surface area contributed by atoms with E-state index in [2.05, 4.69) is 62.8 Å². The number of fused-ring (bicyclic) bond motifs is 1. The number of rotatable bonds is 4. The number of anilines is 1. The molecule has 38 heavy (non-hydrogen) atoms. The van der Waals surface area contributed by atoms with Gasteiger partial charge in [0.05, 0.1) is 21.1 Å². The number of piperazine rings is 1. The highest BCUT2D eigenvalue weighted by Gasteiger charge is 2.27. The van der Waals surface area contributed by atoms with Gasteiger partial charge in [-0.05, 0) is 91.5 Å². The van der Waals surface area contributed by atoms with E-state index in [-0.39, 0.29) is 5.91 Å². The Hall–Kier alpha value is -2.87. The van der Waals surface area contributed by atoms with Crippen LogP contribution in [0.2, 0.25) is 5.02 Å². The maximum Gasteiger partial charge on any atom is 0.286 e. The zero-order chi connectivity index (χ0) is 26.2. The Morgan fingerprint density at radius 1 is 0.947 bits per heavy atom. The lowest BCUT2D eigenvalue weighted by Gasteiger charge is -2.38. The van der Waals surface area contributed by atoms with Gasteiger partial charge in [-0.25, -0.2) is 0 Å². The third-order valence-corrected chi connectivity index (χ3v) is 9.04. The number of thioether (sulfide) groups is 1. The molecule has 0 aliphatic carbocycles. The maximum absolute atomic E-state index is 12.6. The molecule has 8 heteroatoms. The normalized spacial score (nSPS) is 19.8. The van der Waals surface area contributed by atoms with Crippen LogP contribution in [0.15, 0.2) is 58.6 Å². The molecule has 2 saturated heterocycles. The number of hydrogen-bond donors (Lipinski definition) is 0. The molecule has 0 spiro atoms. The first kappa shape index (κ1) is 25.4.